The van der Waals surface area contributed by atoms with E-state index in [0.717, 1.165) is 17.9 Å². The van der Waals surface area contributed by atoms with Crippen molar-refractivity contribution in [2.45, 2.75) is 12.5 Å². The summed E-state index contributed by atoms with van der Waals surface area (Å²) in [4.78, 5) is 25.0. The van der Waals surface area contributed by atoms with E-state index in [2.05, 4.69) is 10.3 Å². The standard InChI is InChI=1S/C10H12N2O2S/c13-9-2-1-7(5-11-9)10(14)12-8-3-4-15-6-8/h1-2,5,8H,3-4,6H2,(H,11,13)(H,12,14). The summed E-state index contributed by atoms with van der Waals surface area (Å²) in [6, 6.07) is 3.17. The van der Waals surface area contributed by atoms with Crippen molar-refractivity contribution in [2.75, 3.05) is 11.5 Å². The molecule has 1 fully saturated rings. The molecule has 0 aromatic carbocycles. The molecular formula is C10H12N2O2S. The maximum Gasteiger partial charge on any atom is 0.253 e. The molecule has 0 radical (unpaired) electrons. The number of rotatable bonds is 2. The van der Waals surface area contributed by atoms with Gasteiger partial charge in [0.2, 0.25) is 5.56 Å². The van der Waals surface area contributed by atoms with Crippen LogP contribution in [0.2, 0.25) is 0 Å². The number of thioether (sulfide) groups is 1. The molecule has 1 aliphatic rings. The van der Waals surface area contributed by atoms with Crippen LogP contribution >= 0.6 is 11.8 Å². The van der Waals surface area contributed by atoms with Crippen molar-refractivity contribution in [3.05, 3.63) is 34.2 Å². The first-order chi connectivity index (χ1) is 7.25. The largest absolute Gasteiger partial charge is 0.348 e. The summed E-state index contributed by atoms with van der Waals surface area (Å²) in [5, 5.41) is 2.93. The highest BCUT2D eigenvalue weighted by atomic mass is 32.2. The number of hydrogen-bond acceptors (Lipinski definition) is 3. The molecule has 1 atom stereocenters. The van der Waals surface area contributed by atoms with Gasteiger partial charge in [-0.2, -0.15) is 11.8 Å². The molecule has 0 aliphatic carbocycles. The minimum absolute atomic E-state index is 0.112. The van der Waals surface area contributed by atoms with Crippen LogP contribution in [0, 0.1) is 0 Å². The SMILES string of the molecule is O=C(NC1CCSC1)c1ccc(=O)[nH]c1. The Morgan fingerprint density at radius 2 is 2.40 bits per heavy atom. The van der Waals surface area contributed by atoms with Gasteiger partial charge >= 0.3 is 0 Å². The van der Waals surface area contributed by atoms with E-state index in [9.17, 15) is 9.59 Å². The monoisotopic (exact) mass is 224 g/mol. The number of amides is 1. The summed E-state index contributed by atoms with van der Waals surface area (Å²) in [5.41, 5.74) is 0.314. The number of H-pyrrole nitrogens is 1. The molecule has 2 rings (SSSR count). The van der Waals surface area contributed by atoms with Gasteiger partial charge in [-0.3, -0.25) is 9.59 Å². The lowest BCUT2D eigenvalue weighted by Gasteiger charge is -2.10. The molecule has 2 N–H and O–H groups in total. The van der Waals surface area contributed by atoms with Gasteiger partial charge in [0.25, 0.3) is 5.91 Å². The summed E-state index contributed by atoms with van der Waals surface area (Å²) in [6.07, 6.45) is 2.47. The Morgan fingerprint density at radius 1 is 1.53 bits per heavy atom. The van der Waals surface area contributed by atoms with Gasteiger partial charge in [-0.15, -0.1) is 0 Å². The highest BCUT2D eigenvalue weighted by Gasteiger charge is 2.18. The first-order valence-electron chi connectivity index (χ1n) is 4.83. The number of carbonyl (C=O) groups is 1. The number of carbonyl (C=O) groups excluding carboxylic acids is 1. The van der Waals surface area contributed by atoms with E-state index < -0.39 is 0 Å². The van der Waals surface area contributed by atoms with Crippen LogP contribution in [0.1, 0.15) is 16.8 Å². The Labute approximate surface area is 91.5 Å². The number of pyridine rings is 1. The normalized spacial score (nSPS) is 20.1. The quantitative estimate of drug-likeness (QED) is 0.773. The van der Waals surface area contributed by atoms with Gasteiger partial charge in [-0.1, -0.05) is 0 Å². The molecule has 1 amide bonds. The van der Waals surface area contributed by atoms with Crippen LogP contribution < -0.4 is 10.9 Å². The van der Waals surface area contributed by atoms with Crippen LogP contribution in [0.25, 0.3) is 0 Å². The fraction of sp³-hybridized carbons (Fsp3) is 0.400. The molecule has 1 saturated heterocycles. The van der Waals surface area contributed by atoms with Crippen molar-refractivity contribution >= 4 is 17.7 Å². The highest BCUT2D eigenvalue weighted by Crippen LogP contribution is 2.17. The fourth-order valence-electron chi connectivity index (χ4n) is 1.47. The molecule has 0 bridgehead atoms. The lowest BCUT2D eigenvalue weighted by molar-refractivity contribution is 0.0941. The molecule has 2 heterocycles. The Morgan fingerprint density at radius 3 is 3.00 bits per heavy atom. The lowest BCUT2D eigenvalue weighted by Crippen LogP contribution is -2.34. The van der Waals surface area contributed by atoms with Crippen LogP contribution in [0.5, 0.6) is 0 Å². The molecule has 1 aromatic heterocycles. The van der Waals surface area contributed by atoms with E-state index >= 15 is 0 Å². The third kappa shape index (κ3) is 2.62. The van der Waals surface area contributed by atoms with E-state index in [0.29, 0.717) is 5.56 Å². The first-order valence-corrected chi connectivity index (χ1v) is 5.98. The topological polar surface area (TPSA) is 62.0 Å². The molecule has 0 saturated carbocycles. The average Bonchev–Trinajstić information content (AvgIpc) is 2.71. The first kappa shape index (κ1) is 10.3. The van der Waals surface area contributed by atoms with Gasteiger partial charge in [0.1, 0.15) is 0 Å². The van der Waals surface area contributed by atoms with E-state index in [1.165, 1.54) is 18.3 Å². The zero-order valence-corrected chi connectivity index (χ0v) is 8.97. The Kier molecular flexibility index (Phi) is 3.11. The van der Waals surface area contributed by atoms with E-state index in [1.54, 1.807) is 0 Å². The number of nitrogens with one attached hydrogen (secondary N) is 2. The molecule has 15 heavy (non-hydrogen) atoms. The molecule has 4 nitrogen and oxygen atoms in total. The average molecular weight is 224 g/mol. The predicted molar refractivity (Wildman–Crippen MR) is 60.3 cm³/mol. The minimum atomic E-state index is -0.192. The van der Waals surface area contributed by atoms with Gasteiger partial charge < -0.3 is 10.3 Å². The highest BCUT2D eigenvalue weighted by molar-refractivity contribution is 7.99. The summed E-state index contributed by atoms with van der Waals surface area (Å²) in [6.45, 7) is 0. The molecule has 1 aromatic rings. The van der Waals surface area contributed by atoms with Crippen LogP contribution in [0.15, 0.2) is 23.1 Å². The number of hydrogen-bond donors (Lipinski definition) is 2. The van der Waals surface area contributed by atoms with Crippen LogP contribution in [0.3, 0.4) is 0 Å². The second-order valence-electron chi connectivity index (χ2n) is 3.48. The van der Waals surface area contributed by atoms with Gasteiger partial charge in [0.15, 0.2) is 0 Å². The molecular weight excluding hydrogens is 212 g/mol. The number of aromatic nitrogens is 1. The van der Waals surface area contributed by atoms with Crippen molar-refractivity contribution in [1.29, 1.82) is 0 Å². The maximum absolute atomic E-state index is 11.7. The minimum Gasteiger partial charge on any atom is -0.348 e. The molecule has 1 unspecified atom stereocenters. The summed E-state index contributed by atoms with van der Waals surface area (Å²) in [7, 11) is 0. The Balaban J connectivity index is 2.01. The Bertz CT molecular complexity index is 390. The third-order valence-corrected chi connectivity index (χ3v) is 3.47. The van der Waals surface area contributed by atoms with Crippen molar-refractivity contribution < 1.29 is 4.79 Å². The van der Waals surface area contributed by atoms with Gasteiger partial charge in [-0.05, 0) is 18.2 Å². The molecule has 5 heteroatoms. The molecule has 0 spiro atoms. The second-order valence-corrected chi connectivity index (χ2v) is 4.63. The van der Waals surface area contributed by atoms with E-state index in [-0.39, 0.29) is 17.5 Å². The van der Waals surface area contributed by atoms with Crippen molar-refractivity contribution in [1.82, 2.24) is 10.3 Å². The van der Waals surface area contributed by atoms with Crippen LogP contribution in [-0.4, -0.2) is 28.4 Å². The smallest absolute Gasteiger partial charge is 0.253 e. The zero-order valence-electron chi connectivity index (χ0n) is 8.16. The lowest BCUT2D eigenvalue weighted by atomic mass is 10.2. The van der Waals surface area contributed by atoms with Crippen molar-refractivity contribution in [2.24, 2.45) is 0 Å². The summed E-state index contributed by atoms with van der Waals surface area (Å²) < 4.78 is 0. The second kappa shape index (κ2) is 4.53. The Hall–Kier alpha value is -1.23. The van der Waals surface area contributed by atoms with Crippen molar-refractivity contribution in [3.63, 3.8) is 0 Å². The zero-order chi connectivity index (χ0) is 10.7. The maximum atomic E-state index is 11.7. The van der Waals surface area contributed by atoms with Crippen LogP contribution in [0.4, 0.5) is 0 Å². The van der Waals surface area contributed by atoms with E-state index in [1.807, 2.05) is 11.8 Å². The van der Waals surface area contributed by atoms with Gasteiger partial charge in [-0.25, -0.2) is 0 Å². The third-order valence-electron chi connectivity index (χ3n) is 2.31. The summed E-state index contributed by atoms with van der Waals surface area (Å²) >= 11 is 1.85. The van der Waals surface area contributed by atoms with Crippen LogP contribution in [-0.2, 0) is 0 Å². The molecule has 1 aliphatic heterocycles. The number of aromatic amines is 1. The van der Waals surface area contributed by atoms with Crippen molar-refractivity contribution in [3.8, 4) is 0 Å². The predicted octanol–water partition coefficient (Wildman–Crippen LogP) is 0.610. The fourth-order valence-corrected chi connectivity index (χ4v) is 2.62. The van der Waals surface area contributed by atoms with Gasteiger partial charge in [0, 0.05) is 24.1 Å². The van der Waals surface area contributed by atoms with E-state index in [4.69, 9.17) is 0 Å². The molecule has 80 valence electrons. The summed E-state index contributed by atoms with van der Waals surface area (Å²) in [5.74, 6) is 1.98. The van der Waals surface area contributed by atoms with Gasteiger partial charge in [0.05, 0.1) is 5.56 Å².